The molecule has 5 rings (SSSR count). The molecule has 0 saturated carbocycles. The number of nitrogens with zero attached hydrogens (tertiary/aromatic N) is 1. The van der Waals surface area contributed by atoms with Gasteiger partial charge in [-0.1, -0.05) is 29.8 Å². The van der Waals surface area contributed by atoms with Gasteiger partial charge in [0.05, 0.1) is 5.69 Å². The van der Waals surface area contributed by atoms with Gasteiger partial charge in [0.2, 0.25) is 6.79 Å². The van der Waals surface area contributed by atoms with Gasteiger partial charge < -0.3 is 9.47 Å². The van der Waals surface area contributed by atoms with Gasteiger partial charge in [-0.25, -0.2) is 4.98 Å². The van der Waals surface area contributed by atoms with Gasteiger partial charge in [0.25, 0.3) is 5.91 Å². The summed E-state index contributed by atoms with van der Waals surface area (Å²) in [5.41, 5.74) is 4.85. The summed E-state index contributed by atoms with van der Waals surface area (Å²) >= 11 is 2.82. The summed E-state index contributed by atoms with van der Waals surface area (Å²) in [5.74, 6) is 1.29. The third-order valence-electron chi connectivity index (χ3n) is 4.63. The van der Waals surface area contributed by atoms with Gasteiger partial charge in [-0.15, -0.1) is 22.7 Å². The van der Waals surface area contributed by atoms with Crippen molar-refractivity contribution >= 4 is 33.7 Å². The molecule has 0 bridgehead atoms. The van der Waals surface area contributed by atoms with Gasteiger partial charge in [0.15, 0.2) is 16.6 Å². The molecular formula is C22H16N2O3S2. The van der Waals surface area contributed by atoms with Crippen LogP contribution < -0.4 is 14.8 Å². The molecule has 1 aliphatic heterocycles. The number of thiophene rings is 1. The molecule has 29 heavy (non-hydrogen) atoms. The van der Waals surface area contributed by atoms with Gasteiger partial charge in [0.1, 0.15) is 4.88 Å². The van der Waals surface area contributed by atoms with Crippen LogP contribution >= 0.6 is 22.7 Å². The van der Waals surface area contributed by atoms with E-state index in [4.69, 9.17) is 9.47 Å². The first-order valence-electron chi connectivity index (χ1n) is 8.99. The molecule has 2 aromatic heterocycles. The van der Waals surface area contributed by atoms with E-state index in [1.807, 2.05) is 66.2 Å². The molecule has 5 nitrogen and oxygen atoms in total. The minimum Gasteiger partial charge on any atom is -0.454 e. The number of hydrogen-bond donors (Lipinski definition) is 1. The summed E-state index contributed by atoms with van der Waals surface area (Å²) in [4.78, 5) is 18.1. The summed E-state index contributed by atoms with van der Waals surface area (Å²) in [6.07, 6.45) is 0. The quantitative estimate of drug-likeness (QED) is 0.451. The largest absolute Gasteiger partial charge is 0.454 e. The van der Waals surface area contributed by atoms with Crippen molar-refractivity contribution in [3.8, 4) is 33.9 Å². The Morgan fingerprint density at radius 3 is 2.66 bits per heavy atom. The molecule has 2 aromatic carbocycles. The van der Waals surface area contributed by atoms with Crippen molar-refractivity contribution in [2.24, 2.45) is 0 Å². The van der Waals surface area contributed by atoms with E-state index in [2.05, 4.69) is 10.3 Å². The summed E-state index contributed by atoms with van der Waals surface area (Å²) in [6.45, 7) is 2.28. The molecule has 144 valence electrons. The molecule has 0 aliphatic carbocycles. The first kappa shape index (κ1) is 17.9. The van der Waals surface area contributed by atoms with Crippen molar-refractivity contribution in [2.75, 3.05) is 12.1 Å². The number of carbonyl (C=O) groups is 1. The maximum Gasteiger partial charge on any atom is 0.268 e. The second-order valence-corrected chi connectivity index (χ2v) is 8.36. The number of fused-ring (bicyclic) bond motifs is 1. The molecule has 0 spiro atoms. The van der Waals surface area contributed by atoms with Crippen LogP contribution in [-0.2, 0) is 0 Å². The summed E-state index contributed by atoms with van der Waals surface area (Å²) in [5, 5.41) is 7.35. The average Bonchev–Trinajstić information content (AvgIpc) is 3.48. The normalized spacial score (nSPS) is 12.2. The van der Waals surface area contributed by atoms with E-state index in [1.54, 1.807) is 0 Å². The summed E-state index contributed by atoms with van der Waals surface area (Å²) < 4.78 is 10.8. The zero-order chi connectivity index (χ0) is 19.8. The van der Waals surface area contributed by atoms with E-state index in [0.29, 0.717) is 15.8 Å². The van der Waals surface area contributed by atoms with Crippen LogP contribution in [0.3, 0.4) is 0 Å². The van der Waals surface area contributed by atoms with E-state index in [-0.39, 0.29) is 12.7 Å². The Labute approximate surface area is 175 Å². The third kappa shape index (κ3) is 3.50. The summed E-state index contributed by atoms with van der Waals surface area (Å²) in [7, 11) is 0. The van der Waals surface area contributed by atoms with E-state index in [9.17, 15) is 4.79 Å². The zero-order valence-electron chi connectivity index (χ0n) is 15.5. The lowest BCUT2D eigenvalue weighted by molar-refractivity contribution is 0.103. The highest BCUT2D eigenvalue weighted by Gasteiger charge is 2.18. The Hall–Kier alpha value is -3.16. The molecule has 0 atom stereocenters. The summed E-state index contributed by atoms with van der Waals surface area (Å²) in [6, 6.07) is 15.9. The highest BCUT2D eigenvalue weighted by molar-refractivity contribution is 7.15. The average molecular weight is 421 g/mol. The van der Waals surface area contributed by atoms with Crippen molar-refractivity contribution in [1.82, 2.24) is 4.98 Å². The lowest BCUT2D eigenvalue weighted by Gasteiger charge is -2.05. The zero-order valence-corrected chi connectivity index (χ0v) is 17.1. The Morgan fingerprint density at radius 1 is 1.00 bits per heavy atom. The second-order valence-electron chi connectivity index (χ2n) is 6.59. The maximum atomic E-state index is 12.9. The first-order chi connectivity index (χ1) is 14.2. The number of benzene rings is 2. The van der Waals surface area contributed by atoms with Crippen molar-refractivity contribution in [1.29, 1.82) is 0 Å². The van der Waals surface area contributed by atoms with E-state index < -0.39 is 0 Å². The fourth-order valence-electron chi connectivity index (χ4n) is 3.12. The molecule has 1 aliphatic rings. The van der Waals surface area contributed by atoms with Crippen LogP contribution in [0.5, 0.6) is 11.5 Å². The third-order valence-corrected chi connectivity index (χ3v) is 6.30. The first-order valence-corrected chi connectivity index (χ1v) is 10.7. The monoisotopic (exact) mass is 420 g/mol. The second kappa shape index (κ2) is 7.35. The van der Waals surface area contributed by atoms with Gasteiger partial charge in [-0.2, -0.15) is 0 Å². The number of nitrogens with one attached hydrogen (secondary N) is 1. The molecule has 1 amide bonds. The highest BCUT2D eigenvalue weighted by atomic mass is 32.1. The van der Waals surface area contributed by atoms with Gasteiger partial charge in [0, 0.05) is 16.5 Å². The molecular weight excluding hydrogens is 404 g/mol. The topological polar surface area (TPSA) is 60.5 Å². The molecule has 7 heteroatoms. The molecule has 0 saturated heterocycles. The fraction of sp³-hybridized carbons (Fsp3) is 0.0909. The highest BCUT2D eigenvalue weighted by Crippen LogP contribution is 2.37. The molecule has 3 heterocycles. The number of aromatic nitrogens is 1. The lowest BCUT2D eigenvalue weighted by atomic mass is 10.0. The van der Waals surface area contributed by atoms with Crippen LogP contribution in [0.15, 0.2) is 59.3 Å². The molecule has 0 fully saturated rings. The smallest absolute Gasteiger partial charge is 0.268 e. The molecule has 1 N–H and O–H groups in total. The lowest BCUT2D eigenvalue weighted by Crippen LogP contribution is -2.11. The van der Waals surface area contributed by atoms with E-state index in [0.717, 1.165) is 28.1 Å². The van der Waals surface area contributed by atoms with Gasteiger partial charge in [-0.3, -0.25) is 10.1 Å². The minimum atomic E-state index is -0.151. The van der Waals surface area contributed by atoms with Crippen LogP contribution in [0.4, 0.5) is 5.13 Å². The van der Waals surface area contributed by atoms with Crippen LogP contribution in [0.2, 0.25) is 0 Å². The number of hydrogen-bond acceptors (Lipinski definition) is 6. The van der Waals surface area contributed by atoms with Crippen LogP contribution in [0.25, 0.3) is 22.4 Å². The number of ether oxygens (including phenoxy) is 2. The molecule has 0 unspecified atom stereocenters. The van der Waals surface area contributed by atoms with Crippen LogP contribution in [0.1, 0.15) is 15.2 Å². The fourth-order valence-corrected chi connectivity index (χ4v) is 4.64. The molecule has 0 radical (unpaired) electrons. The standard InChI is InChI=1S/C22H16N2O3S2/c1-13-2-4-14(5-3-13)16-8-9-28-20(16)21(25)24-22-23-17(11-29-22)15-6-7-18-19(10-15)27-12-26-18/h2-11H,12H2,1H3,(H,23,24,25). The Kier molecular flexibility index (Phi) is 4.54. The predicted molar refractivity (Wildman–Crippen MR) is 116 cm³/mol. The van der Waals surface area contributed by atoms with Gasteiger partial charge in [-0.05, 0) is 42.1 Å². The van der Waals surface area contributed by atoms with Crippen molar-refractivity contribution < 1.29 is 14.3 Å². The minimum absolute atomic E-state index is 0.151. The number of amides is 1. The number of carbonyl (C=O) groups excluding carboxylic acids is 1. The maximum absolute atomic E-state index is 12.9. The number of anilines is 1. The van der Waals surface area contributed by atoms with E-state index in [1.165, 1.54) is 28.2 Å². The Balaban J connectivity index is 1.36. The van der Waals surface area contributed by atoms with E-state index >= 15 is 0 Å². The van der Waals surface area contributed by atoms with Crippen molar-refractivity contribution in [3.63, 3.8) is 0 Å². The number of aryl methyl sites for hydroxylation is 1. The van der Waals surface area contributed by atoms with Crippen LogP contribution in [0, 0.1) is 6.92 Å². The number of thiazole rings is 1. The van der Waals surface area contributed by atoms with Crippen LogP contribution in [-0.4, -0.2) is 17.7 Å². The van der Waals surface area contributed by atoms with Gasteiger partial charge >= 0.3 is 0 Å². The Bertz CT molecular complexity index is 1200. The number of rotatable bonds is 4. The van der Waals surface area contributed by atoms with Crippen molar-refractivity contribution in [2.45, 2.75) is 6.92 Å². The Morgan fingerprint density at radius 2 is 1.79 bits per heavy atom. The SMILES string of the molecule is Cc1ccc(-c2ccsc2C(=O)Nc2nc(-c3ccc4c(c3)OCO4)cs2)cc1. The van der Waals surface area contributed by atoms with Crippen molar-refractivity contribution in [3.05, 3.63) is 69.7 Å². The molecule has 4 aromatic rings. The predicted octanol–water partition coefficient (Wildman–Crippen LogP) is 5.83.